The van der Waals surface area contributed by atoms with Crippen molar-refractivity contribution in [3.05, 3.63) is 64.7 Å². The number of nitrogens with one attached hydrogen (secondary N) is 1. The summed E-state index contributed by atoms with van der Waals surface area (Å²) in [6.45, 7) is 2.39. The number of sulfone groups is 2. The summed E-state index contributed by atoms with van der Waals surface area (Å²) in [7, 11) is -7.21. The molecule has 8 heteroatoms. The van der Waals surface area contributed by atoms with E-state index in [1.54, 1.807) is 0 Å². The fraction of sp³-hybridized carbons (Fsp3) is 0.333. The lowest BCUT2D eigenvalue weighted by molar-refractivity contribution is 0.526. The molecule has 26 heavy (non-hydrogen) atoms. The Bertz CT molecular complexity index is 984. The molecular weight excluding hydrogens is 394 g/mol. The lowest BCUT2D eigenvalue weighted by Gasteiger charge is -2.20. The van der Waals surface area contributed by atoms with Gasteiger partial charge in [0.05, 0.1) is 21.7 Å². The summed E-state index contributed by atoms with van der Waals surface area (Å²) in [6, 6.07) is 13.0. The van der Waals surface area contributed by atoms with Crippen LogP contribution in [-0.2, 0) is 26.2 Å². The van der Waals surface area contributed by atoms with Crippen molar-refractivity contribution < 1.29 is 16.8 Å². The Labute approximate surface area is 159 Å². The van der Waals surface area contributed by atoms with Crippen LogP contribution >= 0.6 is 11.6 Å². The van der Waals surface area contributed by atoms with E-state index < -0.39 is 31.0 Å². The first-order chi connectivity index (χ1) is 12.2. The van der Waals surface area contributed by atoms with Crippen molar-refractivity contribution in [1.29, 1.82) is 0 Å². The Morgan fingerprint density at radius 1 is 1.04 bits per heavy atom. The number of aryl methyl sites for hydroxylation is 1. The van der Waals surface area contributed by atoms with Gasteiger partial charge in [0, 0.05) is 17.6 Å². The highest BCUT2D eigenvalue weighted by Crippen LogP contribution is 2.27. The number of hydrogen-bond donors (Lipinski definition) is 1. The van der Waals surface area contributed by atoms with Gasteiger partial charge in [-0.05, 0) is 36.8 Å². The zero-order valence-corrected chi connectivity index (χ0v) is 16.6. The molecule has 1 fully saturated rings. The summed E-state index contributed by atoms with van der Waals surface area (Å²) in [5.41, 5.74) is 2.10. The van der Waals surface area contributed by atoms with E-state index in [0.717, 1.165) is 11.1 Å². The van der Waals surface area contributed by atoms with Crippen molar-refractivity contribution in [3.8, 4) is 0 Å². The van der Waals surface area contributed by atoms with Gasteiger partial charge in [-0.3, -0.25) is 0 Å². The van der Waals surface area contributed by atoms with E-state index in [-0.39, 0.29) is 16.4 Å². The quantitative estimate of drug-likeness (QED) is 0.813. The molecule has 3 rings (SSSR count). The van der Waals surface area contributed by atoms with Gasteiger partial charge in [0.15, 0.2) is 19.7 Å². The molecule has 1 N–H and O–H groups in total. The largest absolute Gasteiger partial charge is 0.308 e. The summed E-state index contributed by atoms with van der Waals surface area (Å²) in [4.78, 5) is 0.0890. The van der Waals surface area contributed by atoms with E-state index in [1.165, 1.54) is 24.3 Å². The van der Waals surface area contributed by atoms with E-state index in [1.807, 2.05) is 31.2 Å². The Kier molecular flexibility index (Phi) is 5.44. The first-order valence-corrected chi connectivity index (χ1v) is 11.9. The topological polar surface area (TPSA) is 80.3 Å². The van der Waals surface area contributed by atoms with Crippen LogP contribution in [0.1, 0.15) is 11.1 Å². The summed E-state index contributed by atoms with van der Waals surface area (Å²) in [6.07, 6.45) is 0. The van der Waals surface area contributed by atoms with Crippen LogP contribution in [0.4, 0.5) is 0 Å². The van der Waals surface area contributed by atoms with Gasteiger partial charge in [0.25, 0.3) is 0 Å². The molecule has 0 aromatic heterocycles. The van der Waals surface area contributed by atoms with Gasteiger partial charge in [-0.1, -0.05) is 41.4 Å². The van der Waals surface area contributed by atoms with Crippen LogP contribution in [0.15, 0.2) is 53.4 Å². The molecule has 2 aromatic rings. The maximum atomic E-state index is 13.0. The van der Waals surface area contributed by atoms with Crippen LogP contribution in [0.5, 0.6) is 0 Å². The van der Waals surface area contributed by atoms with Gasteiger partial charge in [-0.2, -0.15) is 0 Å². The highest BCUT2D eigenvalue weighted by atomic mass is 35.5. The molecule has 2 atom stereocenters. The van der Waals surface area contributed by atoms with Crippen molar-refractivity contribution in [2.75, 3.05) is 11.5 Å². The van der Waals surface area contributed by atoms with Crippen molar-refractivity contribution >= 4 is 31.3 Å². The minimum absolute atomic E-state index is 0.0890. The Morgan fingerprint density at radius 2 is 1.65 bits per heavy atom. The van der Waals surface area contributed by atoms with Gasteiger partial charge in [0.2, 0.25) is 0 Å². The fourth-order valence-corrected chi connectivity index (χ4v) is 7.91. The second-order valence-electron chi connectivity index (χ2n) is 6.59. The number of rotatable bonds is 5. The minimum Gasteiger partial charge on any atom is -0.308 e. The molecule has 0 aliphatic carbocycles. The molecule has 0 amide bonds. The van der Waals surface area contributed by atoms with Crippen LogP contribution in [0.25, 0.3) is 0 Å². The summed E-state index contributed by atoms with van der Waals surface area (Å²) >= 11 is 5.82. The van der Waals surface area contributed by atoms with E-state index in [0.29, 0.717) is 11.6 Å². The number of halogens is 1. The van der Waals surface area contributed by atoms with E-state index >= 15 is 0 Å². The minimum atomic E-state index is -3.79. The van der Waals surface area contributed by atoms with Gasteiger partial charge in [0.1, 0.15) is 0 Å². The van der Waals surface area contributed by atoms with Crippen LogP contribution in [0.3, 0.4) is 0 Å². The van der Waals surface area contributed by atoms with Crippen LogP contribution in [-0.4, -0.2) is 39.6 Å². The second-order valence-corrected chi connectivity index (χ2v) is 11.3. The molecule has 140 valence electrons. The van der Waals surface area contributed by atoms with Gasteiger partial charge in [-0.25, -0.2) is 16.8 Å². The summed E-state index contributed by atoms with van der Waals surface area (Å²) < 4.78 is 50.1. The third-order valence-corrected chi connectivity index (χ3v) is 8.95. The molecule has 1 heterocycles. The standard InChI is InChI=1S/C18H20ClNO4S2/c1-13-2-4-14(5-3-13)10-20-17-11-25(21,22)12-18(17)26(23,24)16-8-6-15(19)7-9-16/h2-9,17-18,20H,10-12H2,1H3/t17-,18-/m1/s1. The van der Waals surface area contributed by atoms with Crippen LogP contribution in [0.2, 0.25) is 5.02 Å². The normalized spacial score (nSPS) is 22.4. The molecule has 5 nitrogen and oxygen atoms in total. The summed E-state index contributed by atoms with van der Waals surface area (Å²) in [5, 5.41) is 2.54. The zero-order chi connectivity index (χ0) is 18.9. The maximum Gasteiger partial charge on any atom is 0.183 e. The molecular formula is C18H20ClNO4S2. The van der Waals surface area contributed by atoms with Crippen LogP contribution < -0.4 is 5.32 Å². The highest BCUT2D eigenvalue weighted by Gasteiger charge is 2.45. The third-order valence-electron chi connectivity index (χ3n) is 4.53. The van der Waals surface area contributed by atoms with Crippen molar-refractivity contribution in [1.82, 2.24) is 5.32 Å². The smallest absolute Gasteiger partial charge is 0.183 e. The molecule has 0 bridgehead atoms. The molecule has 0 saturated carbocycles. The second kappa shape index (κ2) is 7.31. The van der Waals surface area contributed by atoms with Crippen molar-refractivity contribution in [3.63, 3.8) is 0 Å². The average molecular weight is 414 g/mol. The summed E-state index contributed by atoms with van der Waals surface area (Å²) in [5.74, 6) is -0.556. The van der Waals surface area contributed by atoms with E-state index in [4.69, 9.17) is 11.6 Å². The zero-order valence-electron chi connectivity index (χ0n) is 14.2. The fourth-order valence-electron chi connectivity index (χ4n) is 3.07. The highest BCUT2D eigenvalue weighted by molar-refractivity contribution is 7.96. The van der Waals surface area contributed by atoms with Gasteiger partial charge >= 0.3 is 0 Å². The maximum absolute atomic E-state index is 13.0. The molecule has 1 saturated heterocycles. The Hall–Kier alpha value is -1.41. The SMILES string of the molecule is Cc1ccc(CN[C@@H]2CS(=O)(=O)C[C@H]2S(=O)(=O)c2ccc(Cl)cc2)cc1. The number of benzene rings is 2. The molecule has 0 radical (unpaired) electrons. The van der Waals surface area contributed by atoms with Crippen molar-refractivity contribution in [2.45, 2.75) is 29.7 Å². The predicted octanol–water partition coefficient (Wildman–Crippen LogP) is 2.38. The molecule has 0 unspecified atom stereocenters. The van der Waals surface area contributed by atoms with Crippen molar-refractivity contribution in [2.24, 2.45) is 0 Å². The van der Waals surface area contributed by atoms with Gasteiger partial charge in [-0.15, -0.1) is 0 Å². The van der Waals surface area contributed by atoms with E-state index in [2.05, 4.69) is 5.32 Å². The number of hydrogen-bond acceptors (Lipinski definition) is 5. The molecule has 1 aliphatic heterocycles. The molecule has 1 aliphatic rings. The first-order valence-electron chi connectivity index (χ1n) is 8.16. The van der Waals surface area contributed by atoms with Crippen LogP contribution in [0, 0.1) is 6.92 Å². The van der Waals surface area contributed by atoms with Gasteiger partial charge < -0.3 is 5.32 Å². The predicted molar refractivity (Wildman–Crippen MR) is 103 cm³/mol. The van der Waals surface area contributed by atoms with E-state index in [9.17, 15) is 16.8 Å². The monoisotopic (exact) mass is 413 g/mol. The Balaban J connectivity index is 1.83. The molecule has 0 spiro atoms. The first kappa shape index (κ1) is 19.4. The lowest BCUT2D eigenvalue weighted by atomic mass is 10.1. The molecule has 2 aromatic carbocycles. The average Bonchev–Trinajstić information content (AvgIpc) is 2.90. The third kappa shape index (κ3) is 4.28. The lowest BCUT2D eigenvalue weighted by Crippen LogP contribution is -2.43. The Morgan fingerprint density at radius 3 is 2.27 bits per heavy atom.